The first-order chi connectivity index (χ1) is 14.4. The Kier molecular flexibility index (Phi) is 5.03. The summed E-state index contributed by atoms with van der Waals surface area (Å²) in [7, 11) is 2.76. The van der Waals surface area contributed by atoms with Crippen LogP contribution in [0, 0.1) is 10.1 Å². The number of hydrogen-bond acceptors (Lipinski definition) is 6. The Morgan fingerprint density at radius 2 is 1.73 bits per heavy atom. The number of carbonyl (C=O) groups excluding carboxylic acids is 2. The van der Waals surface area contributed by atoms with E-state index in [1.807, 2.05) is 17.0 Å². The van der Waals surface area contributed by atoms with Crippen LogP contribution in [0.15, 0.2) is 24.3 Å². The fourth-order valence-electron chi connectivity index (χ4n) is 4.13. The molecule has 0 spiro atoms. The van der Waals surface area contributed by atoms with Gasteiger partial charge >= 0.3 is 0 Å². The summed E-state index contributed by atoms with van der Waals surface area (Å²) in [6.45, 7) is 0.711. The zero-order chi connectivity index (χ0) is 21.4. The summed E-state index contributed by atoms with van der Waals surface area (Å²) in [5.74, 6) is -0.0952. The number of nitrogens with zero attached hydrogens (tertiary/aromatic N) is 2. The smallest absolute Gasteiger partial charge is 0.286 e. The van der Waals surface area contributed by atoms with Gasteiger partial charge in [-0.25, -0.2) is 0 Å². The fraction of sp³-hybridized carbons (Fsp3) is 0.333. The van der Waals surface area contributed by atoms with E-state index >= 15 is 0 Å². The Labute approximate surface area is 172 Å². The zero-order valence-electron chi connectivity index (χ0n) is 16.7. The second kappa shape index (κ2) is 7.66. The average Bonchev–Trinajstić information content (AvgIpc) is 2.75. The lowest BCUT2D eigenvalue weighted by Crippen LogP contribution is -2.39. The second-order valence-electron chi connectivity index (χ2n) is 7.23. The molecule has 9 nitrogen and oxygen atoms in total. The van der Waals surface area contributed by atoms with Crippen molar-refractivity contribution in [2.75, 3.05) is 31.0 Å². The Balaban J connectivity index is 1.70. The number of nitro benzene ring substituents is 1. The van der Waals surface area contributed by atoms with Crippen LogP contribution in [0.4, 0.5) is 17.1 Å². The Bertz CT molecular complexity index is 1050. The van der Waals surface area contributed by atoms with Crippen LogP contribution in [0.1, 0.15) is 34.3 Å². The largest absolute Gasteiger partial charge is 0.493 e. The number of nitro groups is 1. The Morgan fingerprint density at radius 1 is 1.07 bits per heavy atom. The van der Waals surface area contributed by atoms with Crippen molar-refractivity contribution in [3.05, 3.63) is 51.1 Å². The van der Waals surface area contributed by atoms with E-state index in [1.165, 1.54) is 26.4 Å². The number of benzene rings is 2. The first-order valence-electron chi connectivity index (χ1n) is 9.61. The van der Waals surface area contributed by atoms with E-state index in [9.17, 15) is 19.7 Å². The van der Waals surface area contributed by atoms with E-state index in [0.717, 1.165) is 29.7 Å². The standard InChI is InChI=1S/C21H21N3O6/c1-29-17-10-15(16(24(27)28)11-18(17)30-2)21(26)22-14-8-12-4-3-7-23-19(25)6-5-13(9-14)20(12)23/h8-11H,3-7H2,1-2H3,(H,22,26). The highest BCUT2D eigenvalue weighted by molar-refractivity contribution is 6.08. The Hall–Kier alpha value is -3.62. The molecule has 2 aliphatic rings. The molecule has 30 heavy (non-hydrogen) atoms. The molecule has 0 fully saturated rings. The van der Waals surface area contributed by atoms with Crippen molar-refractivity contribution in [1.29, 1.82) is 0 Å². The molecule has 156 valence electrons. The van der Waals surface area contributed by atoms with Crippen LogP contribution in [0.3, 0.4) is 0 Å². The summed E-state index contributed by atoms with van der Waals surface area (Å²) in [6.07, 6.45) is 2.71. The number of aryl methyl sites for hydroxylation is 2. The predicted octanol–water partition coefficient (Wildman–Crippen LogP) is 3.09. The second-order valence-corrected chi connectivity index (χ2v) is 7.23. The number of ether oxygens (including phenoxy) is 2. The molecule has 2 amide bonds. The van der Waals surface area contributed by atoms with Crippen molar-refractivity contribution in [1.82, 2.24) is 0 Å². The molecular formula is C21H21N3O6. The van der Waals surface area contributed by atoms with Gasteiger partial charge in [0.25, 0.3) is 11.6 Å². The van der Waals surface area contributed by atoms with E-state index in [-0.39, 0.29) is 28.7 Å². The van der Waals surface area contributed by atoms with Crippen molar-refractivity contribution < 1.29 is 24.0 Å². The topological polar surface area (TPSA) is 111 Å². The van der Waals surface area contributed by atoms with Gasteiger partial charge in [-0.05, 0) is 42.5 Å². The minimum atomic E-state index is -0.628. The lowest BCUT2D eigenvalue weighted by molar-refractivity contribution is -0.385. The molecule has 0 unspecified atom stereocenters. The third kappa shape index (κ3) is 3.32. The quantitative estimate of drug-likeness (QED) is 0.598. The number of amides is 2. The summed E-state index contributed by atoms with van der Waals surface area (Å²) < 4.78 is 10.3. The zero-order valence-corrected chi connectivity index (χ0v) is 16.7. The van der Waals surface area contributed by atoms with Gasteiger partial charge in [0.15, 0.2) is 11.5 Å². The van der Waals surface area contributed by atoms with Crippen molar-refractivity contribution >= 4 is 28.9 Å². The van der Waals surface area contributed by atoms with Gasteiger partial charge in [-0.1, -0.05) is 0 Å². The molecule has 1 N–H and O–H groups in total. The highest BCUT2D eigenvalue weighted by atomic mass is 16.6. The van der Waals surface area contributed by atoms with Gasteiger partial charge in [0, 0.05) is 24.7 Å². The van der Waals surface area contributed by atoms with Crippen LogP contribution in [0.5, 0.6) is 11.5 Å². The third-order valence-electron chi connectivity index (χ3n) is 5.48. The molecule has 0 aromatic heterocycles. The molecule has 0 bridgehead atoms. The Morgan fingerprint density at radius 3 is 2.40 bits per heavy atom. The maximum absolute atomic E-state index is 12.9. The van der Waals surface area contributed by atoms with Crippen LogP contribution in [0.2, 0.25) is 0 Å². The minimum Gasteiger partial charge on any atom is -0.493 e. The summed E-state index contributed by atoms with van der Waals surface area (Å²) in [5, 5.41) is 14.3. The van der Waals surface area contributed by atoms with Crippen LogP contribution in [-0.4, -0.2) is 37.5 Å². The monoisotopic (exact) mass is 411 g/mol. The normalized spacial score (nSPS) is 14.7. The van der Waals surface area contributed by atoms with Crippen molar-refractivity contribution in [3.8, 4) is 11.5 Å². The fourth-order valence-corrected chi connectivity index (χ4v) is 4.13. The molecule has 9 heteroatoms. The molecule has 2 aliphatic heterocycles. The van der Waals surface area contributed by atoms with Crippen molar-refractivity contribution in [3.63, 3.8) is 0 Å². The number of nitrogens with one attached hydrogen (secondary N) is 1. The van der Waals surface area contributed by atoms with Crippen LogP contribution in [-0.2, 0) is 17.6 Å². The molecule has 0 saturated carbocycles. The molecule has 4 rings (SSSR count). The van der Waals surface area contributed by atoms with Crippen LogP contribution in [0.25, 0.3) is 0 Å². The minimum absolute atomic E-state index is 0.124. The summed E-state index contributed by atoms with van der Waals surface area (Å²) in [5.41, 5.74) is 3.01. The van der Waals surface area contributed by atoms with Crippen molar-refractivity contribution in [2.24, 2.45) is 0 Å². The van der Waals surface area contributed by atoms with E-state index in [1.54, 1.807) is 0 Å². The first-order valence-corrected chi connectivity index (χ1v) is 9.61. The molecule has 0 aliphatic carbocycles. The van der Waals surface area contributed by atoms with E-state index in [4.69, 9.17) is 9.47 Å². The van der Waals surface area contributed by atoms with Gasteiger partial charge in [-0.15, -0.1) is 0 Å². The number of carbonyl (C=O) groups is 2. The van der Waals surface area contributed by atoms with E-state index < -0.39 is 10.8 Å². The number of anilines is 2. The first kappa shape index (κ1) is 19.7. The lowest BCUT2D eigenvalue weighted by Gasteiger charge is -2.35. The summed E-state index contributed by atoms with van der Waals surface area (Å²) in [4.78, 5) is 37.8. The number of methoxy groups -OCH3 is 2. The highest BCUT2D eigenvalue weighted by Crippen LogP contribution is 2.39. The molecule has 0 saturated heterocycles. The van der Waals surface area contributed by atoms with Gasteiger partial charge in [0.2, 0.25) is 5.91 Å². The van der Waals surface area contributed by atoms with Gasteiger partial charge in [0.05, 0.1) is 30.9 Å². The van der Waals surface area contributed by atoms with Gasteiger partial charge in [0.1, 0.15) is 5.56 Å². The molecule has 2 heterocycles. The average molecular weight is 411 g/mol. The summed E-state index contributed by atoms with van der Waals surface area (Å²) in [6, 6.07) is 6.16. The predicted molar refractivity (Wildman–Crippen MR) is 110 cm³/mol. The highest BCUT2D eigenvalue weighted by Gasteiger charge is 2.30. The lowest BCUT2D eigenvalue weighted by atomic mass is 9.91. The van der Waals surface area contributed by atoms with Crippen molar-refractivity contribution in [2.45, 2.75) is 25.7 Å². The number of hydrogen-bond donors (Lipinski definition) is 1. The molecular weight excluding hydrogens is 390 g/mol. The third-order valence-corrected chi connectivity index (χ3v) is 5.48. The number of rotatable bonds is 5. The van der Waals surface area contributed by atoms with Crippen LogP contribution >= 0.6 is 0 Å². The molecule has 0 radical (unpaired) electrons. The maximum Gasteiger partial charge on any atom is 0.286 e. The molecule has 0 atom stereocenters. The maximum atomic E-state index is 12.9. The van der Waals surface area contributed by atoms with Gasteiger partial charge in [-0.2, -0.15) is 0 Å². The SMILES string of the molecule is COc1cc(C(=O)Nc2cc3c4c(c2)CCC(=O)N4CCC3)c([N+](=O)[O-])cc1OC. The van der Waals surface area contributed by atoms with Gasteiger partial charge < -0.3 is 19.7 Å². The summed E-state index contributed by atoms with van der Waals surface area (Å²) >= 11 is 0. The van der Waals surface area contributed by atoms with E-state index in [2.05, 4.69) is 5.32 Å². The van der Waals surface area contributed by atoms with Crippen LogP contribution < -0.4 is 19.7 Å². The van der Waals surface area contributed by atoms with E-state index in [0.29, 0.717) is 25.1 Å². The molecule has 2 aromatic rings. The van der Waals surface area contributed by atoms with Gasteiger partial charge in [-0.3, -0.25) is 19.7 Å². The molecule has 2 aromatic carbocycles.